The smallest absolute Gasteiger partial charge is 0.191 e. The Morgan fingerprint density at radius 3 is 2.58 bits per heavy atom. The predicted octanol–water partition coefficient (Wildman–Crippen LogP) is 2.19. The van der Waals surface area contributed by atoms with Crippen LogP contribution in [0.3, 0.4) is 0 Å². The molecule has 0 atom stereocenters. The Balaban J connectivity index is 0.00000288. The lowest BCUT2D eigenvalue weighted by molar-refractivity contribution is 0.570. The normalized spacial score (nSPS) is 10.8. The van der Waals surface area contributed by atoms with E-state index in [1.807, 2.05) is 23.0 Å². The van der Waals surface area contributed by atoms with E-state index in [4.69, 9.17) is 0 Å². The first kappa shape index (κ1) is 20.3. The number of hydrogen-bond acceptors (Lipinski definition) is 3. The standard InChI is InChI=1S/C17H26N6.HI/c1-18-17(19-10-6-13-23-14-7-11-21-23)20-12-15-22(2)16-8-4-3-5-9-16;/h3-5,7-9,11,14H,6,10,12-13,15H2,1-2H3,(H2,18,19,20);1H. The summed E-state index contributed by atoms with van der Waals surface area (Å²) in [6.07, 6.45) is 4.79. The van der Waals surface area contributed by atoms with Crippen LogP contribution in [0.2, 0.25) is 0 Å². The number of aryl methyl sites for hydroxylation is 1. The van der Waals surface area contributed by atoms with Gasteiger partial charge in [-0.1, -0.05) is 18.2 Å². The molecule has 1 heterocycles. The van der Waals surface area contributed by atoms with E-state index in [0.717, 1.165) is 38.6 Å². The van der Waals surface area contributed by atoms with E-state index in [9.17, 15) is 0 Å². The number of hydrogen-bond donors (Lipinski definition) is 2. The second-order valence-electron chi connectivity index (χ2n) is 5.31. The second kappa shape index (κ2) is 11.7. The molecule has 1 aromatic carbocycles. The summed E-state index contributed by atoms with van der Waals surface area (Å²) < 4.78 is 1.94. The van der Waals surface area contributed by atoms with Crippen LogP contribution in [-0.2, 0) is 6.54 Å². The van der Waals surface area contributed by atoms with Crippen molar-refractivity contribution in [3.63, 3.8) is 0 Å². The molecule has 0 fully saturated rings. The van der Waals surface area contributed by atoms with Gasteiger partial charge in [-0.15, -0.1) is 24.0 Å². The zero-order chi connectivity index (χ0) is 16.3. The Morgan fingerprint density at radius 2 is 1.92 bits per heavy atom. The van der Waals surface area contributed by atoms with E-state index in [1.54, 1.807) is 13.2 Å². The van der Waals surface area contributed by atoms with Crippen molar-refractivity contribution in [3.8, 4) is 0 Å². The van der Waals surface area contributed by atoms with E-state index in [1.165, 1.54) is 5.69 Å². The van der Waals surface area contributed by atoms with Crippen LogP contribution >= 0.6 is 24.0 Å². The summed E-state index contributed by atoms with van der Waals surface area (Å²) >= 11 is 0. The molecule has 0 aliphatic carbocycles. The minimum Gasteiger partial charge on any atom is -0.373 e. The zero-order valence-corrected chi connectivity index (χ0v) is 16.7. The molecule has 0 aliphatic rings. The molecular weight excluding hydrogens is 415 g/mol. The van der Waals surface area contributed by atoms with Crippen LogP contribution in [0.1, 0.15) is 6.42 Å². The number of aromatic nitrogens is 2. The molecule has 0 radical (unpaired) electrons. The van der Waals surface area contributed by atoms with Gasteiger partial charge in [0, 0.05) is 58.4 Å². The molecule has 132 valence electrons. The highest BCUT2D eigenvalue weighted by Crippen LogP contribution is 2.09. The maximum Gasteiger partial charge on any atom is 0.191 e. The topological polar surface area (TPSA) is 57.5 Å². The van der Waals surface area contributed by atoms with Crippen LogP contribution in [0.25, 0.3) is 0 Å². The fourth-order valence-electron chi connectivity index (χ4n) is 2.25. The monoisotopic (exact) mass is 442 g/mol. The lowest BCUT2D eigenvalue weighted by Crippen LogP contribution is -2.41. The van der Waals surface area contributed by atoms with Crippen molar-refractivity contribution < 1.29 is 0 Å². The van der Waals surface area contributed by atoms with Gasteiger partial charge in [-0.3, -0.25) is 9.67 Å². The number of likely N-dealkylation sites (N-methyl/N-ethyl adjacent to an activating group) is 1. The summed E-state index contributed by atoms with van der Waals surface area (Å²) in [4.78, 5) is 6.47. The molecule has 0 aliphatic heterocycles. The molecule has 0 unspecified atom stereocenters. The average Bonchev–Trinajstić information content (AvgIpc) is 3.11. The number of rotatable bonds is 8. The fourth-order valence-corrected chi connectivity index (χ4v) is 2.25. The van der Waals surface area contributed by atoms with Gasteiger partial charge in [-0.2, -0.15) is 5.10 Å². The van der Waals surface area contributed by atoms with Crippen LogP contribution < -0.4 is 15.5 Å². The van der Waals surface area contributed by atoms with Gasteiger partial charge >= 0.3 is 0 Å². The molecule has 7 heteroatoms. The van der Waals surface area contributed by atoms with E-state index in [2.05, 4.69) is 56.9 Å². The fraction of sp³-hybridized carbons (Fsp3) is 0.412. The summed E-state index contributed by atoms with van der Waals surface area (Å²) in [5, 5.41) is 10.9. The zero-order valence-electron chi connectivity index (χ0n) is 14.4. The van der Waals surface area contributed by atoms with Crippen LogP contribution in [0.5, 0.6) is 0 Å². The molecule has 0 saturated heterocycles. The minimum absolute atomic E-state index is 0. The number of nitrogens with zero attached hydrogens (tertiary/aromatic N) is 4. The molecule has 0 amide bonds. The van der Waals surface area contributed by atoms with Crippen molar-refractivity contribution >= 4 is 35.6 Å². The first-order valence-electron chi connectivity index (χ1n) is 7.97. The number of aliphatic imine (C=N–C) groups is 1. The summed E-state index contributed by atoms with van der Waals surface area (Å²) in [5.41, 5.74) is 1.22. The van der Waals surface area contributed by atoms with E-state index >= 15 is 0 Å². The van der Waals surface area contributed by atoms with Crippen LogP contribution in [-0.4, -0.2) is 49.5 Å². The van der Waals surface area contributed by atoms with Crippen molar-refractivity contribution in [1.29, 1.82) is 0 Å². The highest BCUT2D eigenvalue weighted by Gasteiger charge is 2.01. The SMILES string of the molecule is CN=C(NCCCn1cccn1)NCCN(C)c1ccccc1.I. The molecule has 2 aromatic rings. The Hall–Kier alpha value is -1.77. The molecule has 2 rings (SSSR count). The first-order valence-corrected chi connectivity index (χ1v) is 7.97. The van der Waals surface area contributed by atoms with Crippen molar-refractivity contribution in [2.45, 2.75) is 13.0 Å². The third kappa shape index (κ3) is 7.20. The molecule has 0 saturated carbocycles. The van der Waals surface area contributed by atoms with Gasteiger partial charge in [0.15, 0.2) is 5.96 Å². The summed E-state index contributed by atoms with van der Waals surface area (Å²) in [6.45, 7) is 3.53. The lowest BCUT2D eigenvalue weighted by Gasteiger charge is -2.20. The minimum atomic E-state index is 0. The quantitative estimate of drug-likeness (QED) is 0.285. The van der Waals surface area contributed by atoms with Crippen molar-refractivity contribution in [2.75, 3.05) is 38.6 Å². The lowest BCUT2D eigenvalue weighted by atomic mass is 10.3. The van der Waals surface area contributed by atoms with Crippen LogP contribution in [0, 0.1) is 0 Å². The van der Waals surface area contributed by atoms with Gasteiger partial charge in [0.25, 0.3) is 0 Å². The van der Waals surface area contributed by atoms with Gasteiger partial charge in [0.2, 0.25) is 0 Å². The number of guanidine groups is 1. The summed E-state index contributed by atoms with van der Waals surface area (Å²) in [7, 11) is 3.89. The van der Waals surface area contributed by atoms with Crippen molar-refractivity contribution in [1.82, 2.24) is 20.4 Å². The van der Waals surface area contributed by atoms with Gasteiger partial charge < -0.3 is 15.5 Å². The van der Waals surface area contributed by atoms with Gasteiger partial charge in [0.05, 0.1) is 0 Å². The molecule has 24 heavy (non-hydrogen) atoms. The Kier molecular flexibility index (Phi) is 9.90. The van der Waals surface area contributed by atoms with Gasteiger partial charge in [0.1, 0.15) is 0 Å². The van der Waals surface area contributed by atoms with Crippen LogP contribution in [0.4, 0.5) is 5.69 Å². The number of benzene rings is 1. The van der Waals surface area contributed by atoms with Gasteiger partial charge in [-0.25, -0.2) is 0 Å². The third-order valence-corrected chi connectivity index (χ3v) is 3.58. The van der Waals surface area contributed by atoms with E-state index in [-0.39, 0.29) is 24.0 Å². The molecule has 0 spiro atoms. The van der Waals surface area contributed by atoms with E-state index < -0.39 is 0 Å². The number of halogens is 1. The highest BCUT2D eigenvalue weighted by molar-refractivity contribution is 14.0. The summed E-state index contributed by atoms with van der Waals surface area (Å²) in [5.74, 6) is 0.840. The Labute approximate surface area is 161 Å². The maximum atomic E-state index is 4.25. The molecule has 0 bridgehead atoms. The van der Waals surface area contributed by atoms with Gasteiger partial charge in [-0.05, 0) is 24.6 Å². The van der Waals surface area contributed by atoms with E-state index in [0.29, 0.717) is 0 Å². The second-order valence-corrected chi connectivity index (χ2v) is 5.31. The molecule has 6 nitrogen and oxygen atoms in total. The number of para-hydroxylation sites is 1. The Morgan fingerprint density at radius 1 is 1.17 bits per heavy atom. The maximum absolute atomic E-state index is 4.25. The van der Waals surface area contributed by atoms with Crippen molar-refractivity contribution in [3.05, 3.63) is 48.8 Å². The average molecular weight is 442 g/mol. The molecule has 1 aromatic heterocycles. The molecular formula is C17H27IN6. The Bertz CT molecular complexity index is 570. The largest absolute Gasteiger partial charge is 0.373 e. The summed E-state index contributed by atoms with van der Waals surface area (Å²) in [6, 6.07) is 12.3. The third-order valence-electron chi connectivity index (χ3n) is 3.58. The van der Waals surface area contributed by atoms with Crippen LogP contribution in [0.15, 0.2) is 53.8 Å². The number of nitrogens with one attached hydrogen (secondary N) is 2. The highest BCUT2D eigenvalue weighted by atomic mass is 127. The number of anilines is 1. The van der Waals surface area contributed by atoms with Crippen molar-refractivity contribution in [2.24, 2.45) is 4.99 Å². The predicted molar refractivity (Wildman–Crippen MR) is 111 cm³/mol. The first-order chi connectivity index (χ1) is 11.3. The molecule has 2 N–H and O–H groups in total.